The fraction of sp³-hybridized carbons (Fsp3) is 0.611. The highest BCUT2D eigenvalue weighted by Crippen LogP contribution is 2.28. The van der Waals surface area contributed by atoms with Crippen LogP contribution in [0, 0.1) is 5.92 Å². The number of fused-ring (bicyclic) bond motifs is 4. The molecular formula is C18H27N3O3S. The third-order valence-electron chi connectivity index (χ3n) is 5.11. The van der Waals surface area contributed by atoms with E-state index in [0.29, 0.717) is 18.0 Å². The molecule has 138 valence electrons. The molecule has 7 heteroatoms. The van der Waals surface area contributed by atoms with E-state index in [1.807, 2.05) is 11.8 Å². The number of hydrogen-bond donors (Lipinski definition) is 1. The number of hydrogen-bond acceptors (Lipinski definition) is 4. The Balaban J connectivity index is 1.75. The molecular weight excluding hydrogens is 338 g/mol. The minimum absolute atomic E-state index is 0.00969. The van der Waals surface area contributed by atoms with Crippen LogP contribution in [0.3, 0.4) is 0 Å². The predicted octanol–water partition coefficient (Wildman–Crippen LogP) is 1.54. The van der Waals surface area contributed by atoms with Gasteiger partial charge in [0.25, 0.3) is 5.91 Å². The number of likely N-dealkylation sites (N-methyl/N-ethyl adjacent to an activating group) is 1. The second-order valence-electron chi connectivity index (χ2n) is 7.20. The average molecular weight is 365 g/mol. The molecule has 2 bridgehead atoms. The molecule has 1 amide bonds. The third kappa shape index (κ3) is 4.04. The summed E-state index contributed by atoms with van der Waals surface area (Å²) in [6, 6.07) is 6.56. The summed E-state index contributed by atoms with van der Waals surface area (Å²) in [6.45, 7) is 5.08. The molecule has 0 spiro atoms. The number of benzene rings is 1. The van der Waals surface area contributed by atoms with Gasteiger partial charge in [0.15, 0.2) is 0 Å². The van der Waals surface area contributed by atoms with Gasteiger partial charge in [0.05, 0.1) is 4.90 Å². The lowest BCUT2D eigenvalue weighted by atomic mass is 9.94. The zero-order valence-electron chi connectivity index (χ0n) is 14.9. The molecule has 4 rings (SSSR count). The van der Waals surface area contributed by atoms with Gasteiger partial charge in [-0.2, -0.15) is 0 Å². The number of sulfonamides is 1. The van der Waals surface area contributed by atoms with Crippen LogP contribution in [0.1, 0.15) is 36.5 Å². The number of carbonyl (C=O) groups is 1. The van der Waals surface area contributed by atoms with Gasteiger partial charge in [0, 0.05) is 37.8 Å². The Morgan fingerprint density at radius 2 is 1.88 bits per heavy atom. The summed E-state index contributed by atoms with van der Waals surface area (Å²) in [6.07, 6.45) is 2.97. The van der Waals surface area contributed by atoms with Gasteiger partial charge in [-0.05, 0) is 56.5 Å². The standard InChI is InChI=1S/C18H27N3O3S/c1-3-10-19-25(23,24)17-8-5-15(6-9-17)18(22)21-12-14-4-7-16(21)13-20(2)11-14/h5-6,8-9,14,16,19H,3-4,7,10-13H2,1-2H3/t14-,16+/m1/s1. The van der Waals surface area contributed by atoms with Crippen molar-refractivity contribution in [1.82, 2.24) is 14.5 Å². The van der Waals surface area contributed by atoms with Crippen LogP contribution in [-0.4, -0.2) is 63.4 Å². The average Bonchev–Trinajstić information content (AvgIpc) is 2.88. The quantitative estimate of drug-likeness (QED) is 0.859. The van der Waals surface area contributed by atoms with Gasteiger partial charge in [0.2, 0.25) is 10.0 Å². The summed E-state index contributed by atoms with van der Waals surface area (Å²) < 4.78 is 26.8. The van der Waals surface area contributed by atoms with Crippen molar-refractivity contribution in [1.29, 1.82) is 0 Å². The zero-order chi connectivity index (χ0) is 18.0. The first-order valence-electron chi connectivity index (χ1n) is 9.00. The Kier molecular flexibility index (Phi) is 5.46. The van der Waals surface area contributed by atoms with E-state index in [0.717, 1.165) is 32.5 Å². The number of rotatable bonds is 5. The smallest absolute Gasteiger partial charge is 0.254 e. The molecule has 3 heterocycles. The largest absolute Gasteiger partial charge is 0.334 e. The van der Waals surface area contributed by atoms with Crippen molar-refractivity contribution in [3.8, 4) is 0 Å². The monoisotopic (exact) mass is 365 g/mol. The molecule has 1 N–H and O–H groups in total. The normalized spacial score (nSPS) is 24.3. The van der Waals surface area contributed by atoms with Crippen LogP contribution in [0.25, 0.3) is 0 Å². The summed E-state index contributed by atoms with van der Waals surface area (Å²) in [5.41, 5.74) is 0.560. The van der Waals surface area contributed by atoms with Crippen LogP contribution >= 0.6 is 0 Å². The topological polar surface area (TPSA) is 69.7 Å². The van der Waals surface area contributed by atoms with Crippen molar-refractivity contribution in [2.75, 3.05) is 33.2 Å². The Bertz CT molecular complexity index is 718. The first kappa shape index (κ1) is 18.4. The molecule has 3 saturated heterocycles. The lowest BCUT2D eigenvalue weighted by molar-refractivity contribution is 0.0587. The summed E-state index contributed by atoms with van der Waals surface area (Å²) in [4.78, 5) is 17.4. The third-order valence-corrected chi connectivity index (χ3v) is 6.59. The van der Waals surface area contributed by atoms with E-state index in [1.165, 1.54) is 18.6 Å². The second kappa shape index (κ2) is 7.43. The van der Waals surface area contributed by atoms with Crippen LogP contribution in [0.4, 0.5) is 0 Å². The number of nitrogens with one attached hydrogen (secondary N) is 1. The molecule has 0 unspecified atom stereocenters. The maximum absolute atomic E-state index is 12.9. The van der Waals surface area contributed by atoms with Crippen molar-refractivity contribution >= 4 is 15.9 Å². The van der Waals surface area contributed by atoms with Crippen molar-refractivity contribution in [3.05, 3.63) is 29.8 Å². The van der Waals surface area contributed by atoms with Gasteiger partial charge in [-0.15, -0.1) is 0 Å². The summed E-state index contributed by atoms with van der Waals surface area (Å²) in [7, 11) is -1.38. The zero-order valence-corrected chi connectivity index (χ0v) is 15.8. The minimum Gasteiger partial charge on any atom is -0.334 e. The van der Waals surface area contributed by atoms with Gasteiger partial charge in [-0.1, -0.05) is 6.92 Å². The van der Waals surface area contributed by atoms with Gasteiger partial charge in [-0.25, -0.2) is 13.1 Å². The first-order chi connectivity index (χ1) is 11.9. The highest BCUT2D eigenvalue weighted by molar-refractivity contribution is 7.89. The highest BCUT2D eigenvalue weighted by Gasteiger charge is 2.36. The van der Waals surface area contributed by atoms with Crippen molar-refractivity contribution in [2.24, 2.45) is 5.92 Å². The molecule has 0 aromatic heterocycles. The van der Waals surface area contributed by atoms with Crippen LogP contribution < -0.4 is 4.72 Å². The van der Waals surface area contributed by atoms with E-state index < -0.39 is 10.0 Å². The minimum atomic E-state index is -3.49. The van der Waals surface area contributed by atoms with E-state index in [4.69, 9.17) is 0 Å². The molecule has 3 aliphatic heterocycles. The van der Waals surface area contributed by atoms with Crippen LogP contribution in [0.2, 0.25) is 0 Å². The van der Waals surface area contributed by atoms with Gasteiger partial charge in [0.1, 0.15) is 0 Å². The number of amides is 1. The van der Waals surface area contributed by atoms with Crippen molar-refractivity contribution in [3.63, 3.8) is 0 Å². The van der Waals surface area contributed by atoms with E-state index >= 15 is 0 Å². The SMILES string of the molecule is CCCNS(=O)(=O)c1ccc(C(=O)N2C[C@@H]3CC[C@H]2CN(C)C3)cc1. The van der Waals surface area contributed by atoms with E-state index in [9.17, 15) is 13.2 Å². The molecule has 1 aromatic rings. The van der Waals surface area contributed by atoms with Crippen LogP contribution in [0.15, 0.2) is 29.2 Å². The molecule has 0 saturated carbocycles. The molecule has 25 heavy (non-hydrogen) atoms. The maximum Gasteiger partial charge on any atom is 0.254 e. The van der Waals surface area contributed by atoms with Crippen molar-refractivity contribution in [2.45, 2.75) is 37.1 Å². The molecule has 0 aliphatic carbocycles. The fourth-order valence-corrected chi connectivity index (χ4v) is 4.96. The molecule has 3 fully saturated rings. The number of piperidine rings is 1. The van der Waals surface area contributed by atoms with Gasteiger partial charge >= 0.3 is 0 Å². The molecule has 0 radical (unpaired) electrons. The summed E-state index contributed by atoms with van der Waals surface area (Å²) >= 11 is 0. The number of carbonyl (C=O) groups excluding carboxylic acids is 1. The summed E-state index contributed by atoms with van der Waals surface area (Å²) in [5, 5.41) is 0. The molecule has 6 nitrogen and oxygen atoms in total. The lowest BCUT2D eigenvalue weighted by Crippen LogP contribution is -2.47. The summed E-state index contributed by atoms with van der Waals surface area (Å²) in [5.74, 6) is 0.543. The maximum atomic E-state index is 12.9. The van der Waals surface area contributed by atoms with Crippen LogP contribution in [0.5, 0.6) is 0 Å². The molecule has 2 atom stereocenters. The Morgan fingerprint density at radius 1 is 1.16 bits per heavy atom. The van der Waals surface area contributed by atoms with Gasteiger partial charge < -0.3 is 9.80 Å². The van der Waals surface area contributed by atoms with Gasteiger partial charge in [-0.3, -0.25) is 4.79 Å². The van der Waals surface area contributed by atoms with E-state index in [-0.39, 0.29) is 16.8 Å². The Morgan fingerprint density at radius 3 is 2.56 bits per heavy atom. The first-order valence-corrected chi connectivity index (χ1v) is 10.5. The lowest BCUT2D eigenvalue weighted by Gasteiger charge is -2.36. The molecule has 1 aromatic carbocycles. The van der Waals surface area contributed by atoms with E-state index in [2.05, 4.69) is 16.7 Å². The highest BCUT2D eigenvalue weighted by atomic mass is 32.2. The van der Waals surface area contributed by atoms with E-state index in [1.54, 1.807) is 12.1 Å². The Labute approximate surface area is 150 Å². The van der Waals surface area contributed by atoms with Crippen LogP contribution in [-0.2, 0) is 10.0 Å². The van der Waals surface area contributed by atoms with Crippen molar-refractivity contribution < 1.29 is 13.2 Å². The second-order valence-corrected chi connectivity index (χ2v) is 8.97. The fourth-order valence-electron chi connectivity index (χ4n) is 3.83. The Hall–Kier alpha value is -1.44. The molecule has 3 aliphatic rings. The number of nitrogens with zero attached hydrogens (tertiary/aromatic N) is 2. The predicted molar refractivity (Wildman–Crippen MR) is 97.0 cm³/mol.